The van der Waals surface area contributed by atoms with Crippen LogP contribution in [0.1, 0.15) is 42.6 Å². The molecule has 2 fully saturated rings. The molecular weight excluding hydrogens is 302 g/mol. The van der Waals surface area contributed by atoms with E-state index in [1.54, 1.807) is 11.3 Å². The number of nitrogens with zero attached hydrogens (tertiary/aromatic N) is 2. The van der Waals surface area contributed by atoms with Gasteiger partial charge in [-0.3, -0.25) is 0 Å². The molecule has 1 saturated carbocycles. The minimum Gasteiger partial charge on any atom is -0.328 e. The van der Waals surface area contributed by atoms with Crippen LogP contribution in [-0.4, -0.2) is 39.5 Å². The van der Waals surface area contributed by atoms with E-state index in [1.165, 1.54) is 17.7 Å². The highest BCUT2D eigenvalue weighted by Gasteiger charge is 2.37. The summed E-state index contributed by atoms with van der Waals surface area (Å²) in [5.74, 6) is 1.61. The standard InChI is InChI=1S/C15H23N3OS2/c1-9-8-16-14(21-9)13(12-4-5-12)17-15(19)18-6-7-20-11(3)10(18)2/h8,10-13H,4-7H2,1-3H3,(H,17,19). The summed E-state index contributed by atoms with van der Waals surface area (Å²) in [6, 6.07) is 0.481. The predicted octanol–water partition coefficient (Wildman–Crippen LogP) is 3.44. The highest BCUT2D eigenvalue weighted by Crippen LogP contribution is 2.42. The second kappa shape index (κ2) is 6.16. The molecule has 1 saturated heterocycles. The van der Waals surface area contributed by atoms with Crippen LogP contribution in [0.4, 0.5) is 4.79 Å². The van der Waals surface area contributed by atoms with E-state index in [1.807, 2.05) is 22.9 Å². The lowest BCUT2D eigenvalue weighted by atomic mass is 10.2. The van der Waals surface area contributed by atoms with Gasteiger partial charge in [-0.25, -0.2) is 9.78 Å². The summed E-state index contributed by atoms with van der Waals surface area (Å²) < 4.78 is 0. The molecule has 0 spiro atoms. The number of aryl methyl sites for hydroxylation is 1. The molecule has 3 rings (SSSR count). The molecule has 1 aromatic rings. The quantitative estimate of drug-likeness (QED) is 0.926. The first kappa shape index (κ1) is 15.2. The Morgan fingerprint density at radius 3 is 2.86 bits per heavy atom. The first-order valence-corrected chi connectivity index (χ1v) is 9.54. The molecule has 2 amide bonds. The minimum absolute atomic E-state index is 0.0828. The average molecular weight is 326 g/mol. The maximum absolute atomic E-state index is 12.7. The molecule has 3 atom stereocenters. The normalized spacial score (nSPS) is 27.5. The summed E-state index contributed by atoms with van der Waals surface area (Å²) in [6.07, 6.45) is 4.31. The molecule has 2 aliphatic rings. The smallest absolute Gasteiger partial charge is 0.318 e. The number of hydrogen-bond acceptors (Lipinski definition) is 4. The van der Waals surface area contributed by atoms with Crippen LogP contribution < -0.4 is 5.32 Å². The van der Waals surface area contributed by atoms with E-state index in [-0.39, 0.29) is 12.1 Å². The SMILES string of the molecule is Cc1cnc(C(NC(=O)N2CCSC(C)C2C)C2CC2)s1. The number of thiazole rings is 1. The van der Waals surface area contributed by atoms with Crippen LogP contribution in [0, 0.1) is 12.8 Å². The van der Waals surface area contributed by atoms with Gasteiger partial charge in [0.25, 0.3) is 0 Å². The fourth-order valence-electron chi connectivity index (χ4n) is 2.76. The first-order valence-electron chi connectivity index (χ1n) is 7.67. The van der Waals surface area contributed by atoms with Crippen LogP contribution >= 0.6 is 23.1 Å². The van der Waals surface area contributed by atoms with Crippen LogP contribution in [-0.2, 0) is 0 Å². The third-order valence-electron chi connectivity index (χ3n) is 4.42. The Morgan fingerprint density at radius 1 is 1.48 bits per heavy atom. The zero-order valence-corrected chi connectivity index (χ0v) is 14.5. The molecule has 4 nitrogen and oxygen atoms in total. The van der Waals surface area contributed by atoms with Crippen molar-refractivity contribution >= 4 is 29.1 Å². The topological polar surface area (TPSA) is 45.2 Å². The Kier molecular flexibility index (Phi) is 4.45. The second-order valence-electron chi connectivity index (χ2n) is 6.08. The summed E-state index contributed by atoms with van der Waals surface area (Å²) in [6.45, 7) is 7.27. The van der Waals surface area contributed by atoms with E-state index >= 15 is 0 Å². The van der Waals surface area contributed by atoms with Crippen molar-refractivity contribution in [1.29, 1.82) is 0 Å². The van der Waals surface area contributed by atoms with Gasteiger partial charge >= 0.3 is 6.03 Å². The number of rotatable bonds is 3. The van der Waals surface area contributed by atoms with Gasteiger partial charge in [-0.2, -0.15) is 11.8 Å². The van der Waals surface area contributed by atoms with Crippen LogP contribution in [0.15, 0.2) is 6.20 Å². The van der Waals surface area contributed by atoms with E-state index in [2.05, 4.69) is 31.1 Å². The number of carbonyl (C=O) groups excluding carboxylic acids is 1. The van der Waals surface area contributed by atoms with Crippen molar-refractivity contribution in [3.05, 3.63) is 16.1 Å². The van der Waals surface area contributed by atoms with Gasteiger partial charge in [0, 0.05) is 34.7 Å². The van der Waals surface area contributed by atoms with Gasteiger partial charge in [-0.15, -0.1) is 11.3 Å². The van der Waals surface area contributed by atoms with E-state index in [9.17, 15) is 4.79 Å². The van der Waals surface area contributed by atoms with Crippen molar-refractivity contribution < 1.29 is 4.79 Å². The summed E-state index contributed by atoms with van der Waals surface area (Å²) >= 11 is 3.66. The van der Waals surface area contributed by atoms with E-state index in [0.29, 0.717) is 17.2 Å². The number of thioether (sulfide) groups is 1. The molecule has 1 aliphatic heterocycles. The van der Waals surface area contributed by atoms with Gasteiger partial charge in [0.15, 0.2) is 0 Å². The Bertz CT molecular complexity index is 515. The molecule has 2 heterocycles. The Morgan fingerprint density at radius 2 is 2.24 bits per heavy atom. The molecule has 0 radical (unpaired) electrons. The van der Waals surface area contributed by atoms with E-state index < -0.39 is 0 Å². The van der Waals surface area contributed by atoms with Crippen molar-refractivity contribution in [2.75, 3.05) is 12.3 Å². The molecule has 3 unspecified atom stereocenters. The van der Waals surface area contributed by atoms with Crippen LogP contribution in [0.2, 0.25) is 0 Å². The Balaban J connectivity index is 1.69. The van der Waals surface area contributed by atoms with Crippen molar-refractivity contribution in [2.24, 2.45) is 5.92 Å². The highest BCUT2D eigenvalue weighted by atomic mass is 32.2. The zero-order valence-electron chi connectivity index (χ0n) is 12.8. The van der Waals surface area contributed by atoms with Gasteiger partial charge in [0.2, 0.25) is 0 Å². The third kappa shape index (κ3) is 3.37. The lowest BCUT2D eigenvalue weighted by molar-refractivity contribution is 0.175. The number of hydrogen-bond donors (Lipinski definition) is 1. The van der Waals surface area contributed by atoms with Crippen molar-refractivity contribution in [3.8, 4) is 0 Å². The van der Waals surface area contributed by atoms with Gasteiger partial charge < -0.3 is 10.2 Å². The predicted molar refractivity (Wildman–Crippen MR) is 88.9 cm³/mol. The van der Waals surface area contributed by atoms with Crippen molar-refractivity contribution in [2.45, 2.75) is 50.9 Å². The number of nitrogens with one attached hydrogen (secondary N) is 1. The second-order valence-corrected chi connectivity index (χ2v) is 8.84. The lowest BCUT2D eigenvalue weighted by Gasteiger charge is -2.38. The largest absolute Gasteiger partial charge is 0.328 e. The van der Waals surface area contributed by atoms with Crippen LogP contribution in [0.3, 0.4) is 0 Å². The number of aromatic nitrogens is 1. The van der Waals surface area contributed by atoms with Crippen molar-refractivity contribution in [3.63, 3.8) is 0 Å². The molecule has 21 heavy (non-hydrogen) atoms. The van der Waals surface area contributed by atoms with Gasteiger partial charge in [0.05, 0.1) is 6.04 Å². The third-order valence-corrected chi connectivity index (χ3v) is 6.76. The molecule has 1 aliphatic carbocycles. The van der Waals surface area contributed by atoms with E-state index in [4.69, 9.17) is 0 Å². The van der Waals surface area contributed by atoms with Crippen molar-refractivity contribution in [1.82, 2.24) is 15.2 Å². The molecular formula is C15H23N3OS2. The number of amides is 2. The van der Waals surface area contributed by atoms with Gasteiger partial charge in [-0.1, -0.05) is 6.92 Å². The Hall–Kier alpha value is -0.750. The van der Waals surface area contributed by atoms with E-state index in [0.717, 1.165) is 17.3 Å². The summed E-state index contributed by atoms with van der Waals surface area (Å²) in [5.41, 5.74) is 0. The van der Waals surface area contributed by atoms with Gasteiger partial charge in [0.1, 0.15) is 5.01 Å². The first-order chi connectivity index (χ1) is 10.1. The molecule has 1 aromatic heterocycles. The molecule has 1 N–H and O–H groups in total. The maximum Gasteiger partial charge on any atom is 0.318 e. The molecule has 116 valence electrons. The molecule has 0 bridgehead atoms. The summed E-state index contributed by atoms with van der Waals surface area (Å²) in [4.78, 5) is 20.4. The molecule has 6 heteroatoms. The minimum atomic E-state index is 0.0828. The maximum atomic E-state index is 12.7. The summed E-state index contributed by atoms with van der Waals surface area (Å²) in [7, 11) is 0. The van der Waals surface area contributed by atoms with Gasteiger partial charge in [-0.05, 0) is 32.6 Å². The molecule has 0 aromatic carbocycles. The van der Waals surface area contributed by atoms with Crippen LogP contribution in [0.5, 0.6) is 0 Å². The number of urea groups is 1. The average Bonchev–Trinajstić information content (AvgIpc) is 3.20. The van der Waals surface area contributed by atoms with Crippen LogP contribution in [0.25, 0.3) is 0 Å². The number of carbonyl (C=O) groups is 1. The highest BCUT2D eigenvalue weighted by molar-refractivity contribution is 8.00. The Labute approximate surface area is 134 Å². The zero-order chi connectivity index (χ0) is 15.0. The lowest BCUT2D eigenvalue weighted by Crippen LogP contribution is -2.52. The fourth-order valence-corrected chi connectivity index (χ4v) is 4.78. The fraction of sp³-hybridized carbons (Fsp3) is 0.733. The monoisotopic (exact) mass is 325 g/mol. The summed E-state index contributed by atoms with van der Waals surface area (Å²) in [5, 5.41) is 4.83.